The van der Waals surface area contributed by atoms with Gasteiger partial charge in [-0.15, -0.1) is 0 Å². The van der Waals surface area contributed by atoms with Crippen LogP contribution < -0.4 is 19.3 Å². The highest BCUT2D eigenvalue weighted by molar-refractivity contribution is 6.05. The van der Waals surface area contributed by atoms with Crippen molar-refractivity contribution in [2.45, 2.75) is 20.3 Å². The molecule has 6 heteroatoms. The second kappa shape index (κ2) is 8.33. The maximum atomic E-state index is 13.2. The SMILES string of the molecule is CCN(C(=O)C1CC(=O)N(c2ccc(OC)cc2OC)C1)c1ccccc1C. The third-order valence-corrected chi connectivity index (χ3v) is 5.14. The lowest BCUT2D eigenvalue weighted by molar-refractivity contribution is -0.124. The van der Waals surface area contributed by atoms with Crippen molar-refractivity contribution >= 4 is 23.2 Å². The summed E-state index contributed by atoms with van der Waals surface area (Å²) in [6.07, 6.45) is 0.191. The van der Waals surface area contributed by atoms with Gasteiger partial charge in [-0.2, -0.15) is 0 Å². The molecule has 3 rings (SSSR count). The van der Waals surface area contributed by atoms with Crippen molar-refractivity contribution in [1.82, 2.24) is 0 Å². The summed E-state index contributed by atoms with van der Waals surface area (Å²) in [5.74, 6) is 0.699. The maximum Gasteiger partial charge on any atom is 0.232 e. The molecule has 0 bridgehead atoms. The molecule has 1 unspecified atom stereocenters. The van der Waals surface area contributed by atoms with Gasteiger partial charge in [0.2, 0.25) is 11.8 Å². The predicted octanol–water partition coefficient (Wildman–Crippen LogP) is 3.42. The molecular weight excluding hydrogens is 356 g/mol. The zero-order valence-electron chi connectivity index (χ0n) is 16.8. The summed E-state index contributed by atoms with van der Waals surface area (Å²) in [5, 5.41) is 0. The summed E-state index contributed by atoms with van der Waals surface area (Å²) >= 11 is 0. The molecule has 28 heavy (non-hydrogen) atoms. The van der Waals surface area contributed by atoms with Crippen LogP contribution in [0.5, 0.6) is 11.5 Å². The van der Waals surface area contributed by atoms with E-state index in [-0.39, 0.29) is 24.2 Å². The smallest absolute Gasteiger partial charge is 0.232 e. The van der Waals surface area contributed by atoms with Gasteiger partial charge in [-0.1, -0.05) is 18.2 Å². The van der Waals surface area contributed by atoms with Gasteiger partial charge in [-0.05, 0) is 37.6 Å². The third kappa shape index (κ3) is 3.67. The van der Waals surface area contributed by atoms with Crippen LogP contribution in [0.25, 0.3) is 0 Å². The zero-order valence-corrected chi connectivity index (χ0v) is 16.8. The molecule has 2 aromatic rings. The Bertz CT molecular complexity index is 881. The van der Waals surface area contributed by atoms with Crippen LogP contribution in [0, 0.1) is 12.8 Å². The minimum Gasteiger partial charge on any atom is -0.497 e. The number of hydrogen-bond acceptors (Lipinski definition) is 4. The topological polar surface area (TPSA) is 59.1 Å². The van der Waals surface area contributed by atoms with Crippen molar-refractivity contribution < 1.29 is 19.1 Å². The maximum absolute atomic E-state index is 13.2. The molecule has 0 radical (unpaired) electrons. The Balaban J connectivity index is 1.84. The van der Waals surface area contributed by atoms with Gasteiger partial charge in [0.25, 0.3) is 0 Å². The average Bonchev–Trinajstić information content (AvgIpc) is 3.10. The van der Waals surface area contributed by atoms with Crippen molar-refractivity contribution in [3.63, 3.8) is 0 Å². The molecule has 2 amide bonds. The molecule has 0 aromatic heterocycles. The number of hydrogen-bond donors (Lipinski definition) is 0. The Kier molecular flexibility index (Phi) is 5.87. The highest BCUT2D eigenvalue weighted by Crippen LogP contribution is 2.36. The molecule has 1 aliphatic heterocycles. The zero-order chi connectivity index (χ0) is 20.3. The van der Waals surface area contributed by atoms with Crippen LogP contribution in [-0.2, 0) is 9.59 Å². The van der Waals surface area contributed by atoms with Gasteiger partial charge < -0.3 is 19.3 Å². The monoisotopic (exact) mass is 382 g/mol. The van der Waals surface area contributed by atoms with E-state index < -0.39 is 0 Å². The second-order valence-electron chi connectivity index (χ2n) is 6.81. The predicted molar refractivity (Wildman–Crippen MR) is 109 cm³/mol. The normalized spacial score (nSPS) is 16.2. The highest BCUT2D eigenvalue weighted by atomic mass is 16.5. The van der Waals surface area contributed by atoms with E-state index in [9.17, 15) is 9.59 Å². The Morgan fingerprint density at radius 2 is 1.93 bits per heavy atom. The number of anilines is 2. The Labute approximate surface area is 165 Å². The van der Waals surface area contributed by atoms with Gasteiger partial charge in [0, 0.05) is 31.3 Å². The first kappa shape index (κ1) is 19.7. The number of rotatable bonds is 6. The minimum absolute atomic E-state index is 0.0277. The van der Waals surface area contributed by atoms with Crippen molar-refractivity contribution in [3.05, 3.63) is 48.0 Å². The molecule has 1 atom stereocenters. The van der Waals surface area contributed by atoms with E-state index in [1.807, 2.05) is 38.1 Å². The van der Waals surface area contributed by atoms with Crippen LogP contribution >= 0.6 is 0 Å². The van der Waals surface area contributed by atoms with Gasteiger partial charge in [-0.25, -0.2) is 0 Å². The minimum atomic E-state index is -0.390. The van der Waals surface area contributed by atoms with Crippen molar-refractivity contribution in [2.24, 2.45) is 5.92 Å². The van der Waals surface area contributed by atoms with E-state index in [0.29, 0.717) is 30.3 Å². The first-order chi connectivity index (χ1) is 13.5. The summed E-state index contributed by atoms with van der Waals surface area (Å²) in [7, 11) is 3.13. The summed E-state index contributed by atoms with van der Waals surface area (Å²) in [6, 6.07) is 13.1. The first-order valence-corrected chi connectivity index (χ1v) is 9.39. The molecule has 2 aromatic carbocycles. The van der Waals surface area contributed by atoms with Crippen molar-refractivity contribution in [3.8, 4) is 11.5 Å². The molecule has 1 aliphatic rings. The Morgan fingerprint density at radius 1 is 1.18 bits per heavy atom. The molecule has 0 saturated carbocycles. The summed E-state index contributed by atoms with van der Waals surface area (Å²) < 4.78 is 10.7. The molecule has 1 fully saturated rings. The van der Waals surface area contributed by atoms with Crippen molar-refractivity contribution in [1.29, 1.82) is 0 Å². The Morgan fingerprint density at radius 3 is 2.57 bits per heavy atom. The van der Waals surface area contributed by atoms with Gasteiger partial charge in [0.15, 0.2) is 0 Å². The number of benzene rings is 2. The van der Waals surface area contributed by atoms with Gasteiger partial charge in [-0.3, -0.25) is 9.59 Å². The summed E-state index contributed by atoms with van der Waals surface area (Å²) in [5.41, 5.74) is 2.58. The molecule has 1 heterocycles. The largest absolute Gasteiger partial charge is 0.497 e. The fourth-order valence-corrected chi connectivity index (χ4v) is 3.65. The molecular formula is C22H26N2O4. The standard InChI is InChI=1S/C22H26N2O4/c1-5-23(18-9-7-6-8-15(18)2)22(26)16-12-21(25)24(14-16)19-11-10-17(27-3)13-20(19)28-4/h6-11,13,16H,5,12,14H2,1-4H3. The average molecular weight is 382 g/mol. The number of aryl methyl sites for hydroxylation is 1. The van der Waals surface area contributed by atoms with E-state index >= 15 is 0 Å². The van der Waals surface area contributed by atoms with Crippen LogP contribution in [-0.4, -0.2) is 39.1 Å². The van der Waals surface area contributed by atoms with Gasteiger partial charge >= 0.3 is 0 Å². The van der Waals surface area contributed by atoms with E-state index in [4.69, 9.17) is 9.47 Å². The fraction of sp³-hybridized carbons (Fsp3) is 0.364. The van der Waals surface area contributed by atoms with Crippen LogP contribution in [0.1, 0.15) is 18.9 Å². The van der Waals surface area contributed by atoms with Gasteiger partial charge in [0.1, 0.15) is 11.5 Å². The molecule has 0 N–H and O–H groups in total. The fourth-order valence-electron chi connectivity index (χ4n) is 3.65. The van der Waals surface area contributed by atoms with Crippen LogP contribution in [0.4, 0.5) is 11.4 Å². The number of carbonyl (C=O) groups excluding carboxylic acids is 2. The van der Waals surface area contributed by atoms with E-state index in [0.717, 1.165) is 11.3 Å². The van der Waals surface area contributed by atoms with Crippen LogP contribution in [0.2, 0.25) is 0 Å². The first-order valence-electron chi connectivity index (χ1n) is 9.39. The van der Waals surface area contributed by atoms with E-state index in [1.165, 1.54) is 0 Å². The summed E-state index contributed by atoms with van der Waals surface area (Å²) in [6.45, 7) is 4.83. The molecule has 148 valence electrons. The lowest BCUT2D eigenvalue weighted by atomic mass is 10.1. The molecule has 0 spiro atoms. The lowest BCUT2D eigenvalue weighted by Crippen LogP contribution is -2.38. The van der Waals surface area contributed by atoms with Gasteiger partial charge in [0.05, 0.1) is 25.8 Å². The molecule has 0 aliphatic carbocycles. The quantitative estimate of drug-likeness (QED) is 0.768. The third-order valence-electron chi connectivity index (χ3n) is 5.14. The number of nitrogens with zero attached hydrogens (tertiary/aromatic N) is 2. The number of amides is 2. The molecule has 1 saturated heterocycles. The number of para-hydroxylation sites is 1. The van der Waals surface area contributed by atoms with E-state index in [1.54, 1.807) is 42.2 Å². The molecule has 6 nitrogen and oxygen atoms in total. The summed E-state index contributed by atoms with van der Waals surface area (Å²) in [4.78, 5) is 29.3. The second-order valence-corrected chi connectivity index (χ2v) is 6.81. The van der Waals surface area contributed by atoms with Crippen molar-refractivity contribution in [2.75, 3.05) is 37.1 Å². The van der Waals surface area contributed by atoms with Crippen LogP contribution in [0.15, 0.2) is 42.5 Å². The lowest BCUT2D eigenvalue weighted by Gasteiger charge is -2.26. The van der Waals surface area contributed by atoms with Crippen LogP contribution in [0.3, 0.4) is 0 Å². The Hall–Kier alpha value is -3.02. The number of methoxy groups -OCH3 is 2. The number of carbonyl (C=O) groups is 2. The number of ether oxygens (including phenoxy) is 2. The van der Waals surface area contributed by atoms with E-state index in [2.05, 4.69) is 0 Å². The highest BCUT2D eigenvalue weighted by Gasteiger charge is 2.38.